The van der Waals surface area contributed by atoms with Gasteiger partial charge in [0, 0.05) is 18.7 Å². The third-order valence-electron chi connectivity index (χ3n) is 7.08. The van der Waals surface area contributed by atoms with Gasteiger partial charge in [0.25, 0.3) is 5.56 Å². The van der Waals surface area contributed by atoms with Crippen molar-refractivity contribution in [1.29, 1.82) is 0 Å². The van der Waals surface area contributed by atoms with E-state index < -0.39 is 0 Å². The Morgan fingerprint density at radius 2 is 1.88 bits per heavy atom. The summed E-state index contributed by atoms with van der Waals surface area (Å²) in [4.78, 5) is 18.6. The van der Waals surface area contributed by atoms with Gasteiger partial charge in [0.15, 0.2) is 5.82 Å². The van der Waals surface area contributed by atoms with Gasteiger partial charge in [-0.2, -0.15) is 0 Å². The molecule has 0 aliphatic heterocycles. The van der Waals surface area contributed by atoms with Crippen molar-refractivity contribution in [2.75, 3.05) is 0 Å². The number of rotatable bonds is 8. The molecule has 7 heteroatoms. The predicted molar refractivity (Wildman–Crippen MR) is 133 cm³/mol. The highest BCUT2D eigenvalue weighted by Crippen LogP contribution is 2.33. The van der Waals surface area contributed by atoms with Gasteiger partial charge in [-0.15, -0.1) is 5.10 Å². The average molecular weight is 457 g/mol. The fourth-order valence-electron chi connectivity index (χ4n) is 5.29. The summed E-state index contributed by atoms with van der Waals surface area (Å²) in [6, 6.07) is 18.9. The van der Waals surface area contributed by atoms with Crippen LogP contribution in [0.5, 0.6) is 0 Å². The number of H-pyrrole nitrogens is 1. The Labute approximate surface area is 199 Å². The second-order valence-electron chi connectivity index (χ2n) is 9.40. The van der Waals surface area contributed by atoms with Gasteiger partial charge in [0.2, 0.25) is 0 Å². The largest absolute Gasteiger partial charge is 0.321 e. The molecule has 34 heavy (non-hydrogen) atoms. The Balaban J connectivity index is 1.53. The number of aryl methyl sites for hydroxylation is 1. The maximum Gasteiger partial charge on any atom is 0.252 e. The first-order chi connectivity index (χ1) is 16.6. The molecule has 0 bridgehead atoms. The molecule has 1 aliphatic rings. The molecule has 2 heterocycles. The van der Waals surface area contributed by atoms with Crippen LogP contribution in [0.2, 0.25) is 0 Å². The van der Waals surface area contributed by atoms with E-state index in [1.165, 1.54) is 18.4 Å². The fourth-order valence-corrected chi connectivity index (χ4v) is 5.29. The molecule has 5 rings (SSSR count). The van der Waals surface area contributed by atoms with Gasteiger partial charge < -0.3 is 4.98 Å². The van der Waals surface area contributed by atoms with Crippen molar-refractivity contribution >= 4 is 10.9 Å². The van der Waals surface area contributed by atoms with E-state index in [1.54, 1.807) is 0 Å². The molecule has 1 saturated carbocycles. The Hall–Kier alpha value is -3.32. The van der Waals surface area contributed by atoms with Gasteiger partial charge in [0.05, 0.1) is 17.6 Å². The van der Waals surface area contributed by atoms with E-state index >= 15 is 0 Å². The van der Waals surface area contributed by atoms with Gasteiger partial charge in [-0.3, -0.25) is 9.69 Å². The first-order valence-electron chi connectivity index (χ1n) is 12.3. The standard InChI is InChI=1S/C27H32N6O/c1-3-24(26-29-30-31-33(26)23-14-7-8-15-23)32(17-20-11-5-4-6-12-20)18-22-16-21-13-9-10-19(2)25(21)28-27(22)34/h4-6,9-13,16,23-24H,3,7-8,14-15,17-18H2,1-2H3,(H,28,34). The topological polar surface area (TPSA) is 79.7 Å². The molecule has 176 valence electrons. The van der Waals surface area contributed by atoms with Crippen LogP contribution in [0.3, 0.4) is 0 Å². The average Bonchev–Trinajstić information content (AvgIpc) is 3.54. The summed E-state index contributed by atoms with van der Waals surface area (Å²) in [5.74, 6) is 0.901. The van der Waals surface area contributed by atoms with Gasteiger partial charge in [0.1, 0.15) is 0 Å². The second kappa shape index (κ2) is 9.89. The highest BCUT2D eigenvalue weighted by molar-refractivity contribution is 5.81. The predicted octanol–water partition coefficient (Wildman–Crippen LogP) is 5.09. The molecular weight excluding hydrogens is 424 g/mol. The first kappa shape index (κ1) is 22.5. The smallest absolute Gasteiger partial charge is 0.252 e. The zero-order valence-electron chi connectivity index (χ0n) is 19.9. The van der Waals surface area contributed by atoms with Crippen LogP contribution < -0.4 is 5.56 Å². The van der Waals surface area contributed by atoms with Crippen LogP contribution in [-0.4, -0.2) is 30.1 Å². The monoisotopic (exact) mass is 456 g/mol. The Morgan fingerprint density at radius 3 is 2.65 bits per heavy atom. The number of hydrogen-bond donors (Lipinski definition) is 1. The highest BCUT2D eigenvalue weighted by atomic mass is 16.1. The molecule has 1 N–H and O–H groups in total. The van der Waals surface area contributed by atoms with Crippen LogP contribution >= 0.6 is 0 Å². The fraction of sp³-hybridized carbons (Fsp3) is 0.407. The third kappa shape index (κ3) is 4.53. The molecule has 0 saturated heterocycles. The van der Waals surface area contributed by atoms with Crippen LogP contribution in [0, 0.1) is 6.92 Å². The van der Waals surface area contributed by atoms with E-state index in [1.807, 2.05) is 35.9 Å². The Bertz CT molecular complexity index is 1310. The SMILES string of the molecule is CCC(c1nnnn1C1CCCC1)N(Cc1ccccc1)Cc1cc2cccc(C)c2[nH]c1=O. The lowest BCUT2D eigenvalue weighted by Crippen LogP contribution is -2.32. The molecule has 0 radical (unpaired) electrons. The lowest BCUT2D eigenvalue weighted by Gasteiger charge is -2.31. The molecule has 4 aromatic rings. The molecule has 2 aromatic heterocycles. The van der Waals surface area contributed by atoms with Crippen molar-refractivity contribution < 1.29 is 0 Å². The van der Waals surface area contributed by atoms with Crippen molar-refractivity contribution in [3.63, 3.8) is 0 Å². The van der Waals surface area contributed by atoms with Crippen LogP contribution in [-0.2, 0) is 13.1 Å². The number of para-hydroxylation sites is 1. The number of fused-ring (bicyclic) bond motifs is 1. The van der Waals surface area contributed by atoms with Crippen molar-refractivity contribution in [2.45, 2.75) is 71.1 Å². The number of aromatic nitrogens is 5. The van der Waals surface area contributed by atoms with Crippen LogP contribution in [0.25, 0.3) is 10.9 Å². The van der Waals surface area contributed by atoms with E-state index in [-0.39, 0.29) is 11.6 Å². The summed E-state index contributed by atoms with van der Waals surface area (Å²) in [5, 5.41) is 14.0. The van der Waals surface area contributed by atoms with Crippen LogP contribution in [0.15, 0.2) is 59.4 Å². The third-order valence-corrected chi connectivity index (χ3v) is 7.08. The lowest BCUT2D eigenvalue weighted by atomic mass is 10.1. The lowest BCUT2D eigenvalue weighted by molar-refractivity contribution is 0.158. The Kier molecular flexibility index (Phi) is 6.54. The number of tetrazole rings is 1. The number of nitrogens with one attached hydrogen (secondary N) is 1. The zero-order valence-corrected chi connectivity index (χ0v) is 19.9. The van der Waals surface area contributed by atoms with Gasteiger partial charge in [-0.25, -0.2) is 4.68 Å². The number of aromatic amines is 1. The number of benzene rings is 2. The van der Waals surface area contributed by atoms with E-state index in [0.717, 1.165) is 47.1 Å². The second-order valence-corrected chi connectivity index (χ2v) is 9.40. The molecule has 1 atom stereocenters. The summed E-state index contributed by atoms with van der Waals surface area (Å²) in [5.41, 5.74) is 3.90. The minimum absolute atomic E-state index is 0.00316. The number of nitrogens with zero attached hydrogens (tertiary/aromatic N) is 5. The van der Waals surface area contributed by atoms with Crippen molar-refractivity contribution in [1.82, 2.24) is 30.1 Å². The zero-order chi connectivity index (χ0) is 23.5. The molecule has 2 aromatic carbocycles. The molecule has 7 nitrogen and oxygen atoms in total. The van der Waals surface area contributed by atoms with E-state index in [2.05, 4.69) is 62.7 Å². The van der Waals surface area contributed by atoms with Gasteiger partial charge in [-0.05, 0) is 59.2 Å². The van der Waals surface area contributed by atoms with Gasteiger partial charge >= 0.3 is 0 Å². The minimum Gasteiger partial charge on any atom is -0.321 e. The number of hydrogen-bond acceptors (Lipinski definition) is 5. The quantitative estimate of drug-likeness (QED) is 0.399. The Morgan fingerprint density at radius 1 is 1.09 bits per heavy atom. The first-order valence-corrected chi connectivity index (χ1v) is 12.3. The minimum atomic E-state index is -0.0369. The summed E-state index contributed by atoms with van der Waals surface area (Å²) in [7, 11) is 0. The van der Waals surface area contributed by atoms with Crippen molar-refractivity contribution in [2.24, 2.45) is 0 Å². The highest BCUT2D eigenvalue weighted by Gasteiger charge is 2.29. The maximum absolute atomic E-state index is 13.1. The van der Waals surface area contributed by atoms with Crippen LogP contribution in [0.4, 0.5) is 0 Å². The van der Waals surface area contributed by atoms with E-state index in [9.17, 15) is 4.79 Å². The summed E-state index contributed by atoms with van der Waals surface area (Å²) >= 11 is 0. The maximum atomic E-state index is 13.1. The normalized spacial score (nSPS) is 15.4. The number of pyridine rings is 1. The molecule has 0 amide bonds. The van der Waals surface area contributed by atoms with E-state index in [0.29, 0.717) is 19.1 Å². The summed E-state index contributed by atoms with van der Waals surface area (Å²) in [6.45, 7) is 5.42. The summed E-state index contributed by atoms with van der Waals surface area (Å²) in [6.07, 6.45) is 5.54. The van der Waals surface area contributed by atoms with Gasteiger partial charge in [-0.1, -0.05) is 68.3 Å². The van der Waals surface area contributed by atoms with Crippen molar-refractivity contribution in [3.8, 4) is 0 Å². The molecule has 0 spiro atoms. The van der Waals surface area contributed by atoms with Crippen LogP contribution in [0.1, 0.15) is 73.6 Å². The molecular formula is C27H32N6O. The van der Waals surface area contributed by atoms with Crippen molar-refractivity contribution in [3.05, 3.63) is 87.5 Å². The molecule has 1 fully saturated rings. The van der Waals surface area contributed by atoms with E-state index in [4.69, 9.17) is 0 Å². The summed E-state index contributed by atoms with van der Waals surface area (Å²) < 4.78 is 2.05. The molecule has 1 unspecified atom stereocenters. The molecule has 1 aliphatic carbocycles.